The van der Waals surface area contributed by atoms with Crippen LogP contribution < -0.4 is 5.32 Å². The van der Waals surface area contributed by atoms with E-state index in [0.29, 0.717) is 30.6 Å². The summed E-state index contributed by atoms with van der Waals surface area (Å²) in [5.74, 6) is 39.5. The van der Waals surface area contributed by atoms with Crippen molar-refractivity contribution < 1.29 is 20.5 Å². The number of hydrogen-bond donors (Lipinski definition) is 2. The number of aryl methyl sites for hydroxylation is 1. The van der Waals surface area contributed by atoms with E-state index in [1.807, 2.05) is 36.3 Å². The van der Waals surface area contributed by atoms with Gasteiger partial charge in [0.1, 0.15) is 11.1 Å². The summed E-state index contributed by atoms with van der Waals surface area (Å²) in [6, 6.07) is 0. The zero-order valence-corrected chi connectivity index (χ0v) is 30.0. The van der Waals surface area contributed by atoms with Crippen LogP contribution in [0.15, 0.2) is 66.6 Å². The molecule has 2 N–H and O–H groups in total. The molecule has 0 spiro atoms. The molecule has 1 fully saturated rings. The number of likely N-dealkylation sites (tertiary alicyclic amines) is 1. The minimum absolute atomic E-state index is 0. The molecule has 0 radical (unpaired) electrons. The van der Waals surface area contributed by atoms with Crippen LogP contribution in [0.5, 0.6) is 0 Å². The van der Waals surface area contributed by atoms with E-state index < -0.39 is 0 Å². The molecular weight excluding hydrogens is 715 g/mol. The van der Waals surface area contributed by atoms with Crippen molar-refractivity contribution in [1.82, 2.24) is 34.4 Å². The summed E-state index contributed by atoms with van der Waals surface area (Å²) in [6.07, 6.45) is 19.8. The third-order valence-corrected chi connectivity index (χ3v) is 6.40. The van der Waals surface area contributed by atoms with Gasteiger partial charge in [0.05, 0.1) is 30.0 Å². The predicted molar refractivity (Wildman–Crippen MR) is 227 cm³/mol. The number of nitrogens with zero attached hydrogens (tertiary/aromatic N) is 15. The average molecular weight is 766 g/mol. The Kier molecular flexibility index (Phi) is 21.6. The summed E-state index contributed by atoms with van der Waals surface area (Å²) < 4.78 is 3.68. The zero-order chi connectivity index (χ0) is 40.5. The Morgan fingerprint density at radius 2 is 1.46 bits per heavy atom. The van der Waals surface area contributed by atoms with Gasteiger partial charge < -0.3 is 5.32 Å². The fraction of sp³-hybridized carbons (Fsp3) is 0.270. The Bertz CT molecular complexity index is 2420. The molecule has 1 aliphatic heterocycles. The van der Waals surface area contributed by atoms with Crippen LogP contribution in [0.2, 0.25) is 0 Å². The number of nitrogens with one attached hydrogen (secondary N) is 2. The molecule has 19 nitrogen and oxygen atoms in total. The highest BCUT2D eigenvalue weighted by atomic mass is 16.3. The van der Waals surface area contributed by atoms with Gasteiger partial charge in [-0.2, -0.15) is 20.7 Å². The van der Waals surface area contributed by atoms with Crippen LogP contribution in [0, 0.1) is 124 Å². The van der Waals surface area contributed by atoms with E-state index >= 15 is 0 Å². The van der Waals surface area contributed by atoms with Crippen LogP contribution in [0.3, 0.4) is 0 Å². The SMILES string of the molecule is C#CC#CC#CC#CC#CC#CC#CC#CC#C.CCC(=O)CN1CCCC(Cn2ncc3cnc(Nc4cnn(C)c4)nc32)C1.N=N/N=N/N=N/N=N/N=O.[HH].[HH].[HH].[HH].[HH].[HH].[HH].[HH].[HH].[HH].[HH]. The van der Waals surface area contributed by atoms with E-state index in [0.717, 1.165) is 49.2 Å². The number of Topliss-reactive ketones (excluding diaryl/α,β-unsaturated/α-hetero) is 1. The van der Waals surface area contributed by atoms with Crippen molar-refractivity contribution in [2.45, 2.75) is 32.7 Å². The van der Waals surface area contributed by atoms with Gasteiger partial charge in [0.25, 0.3) is 0 Å². The van der Waals surface area contributed by atoms with Crippen molar-refractivity contribution in [3.05, 3.63) is 29.7 Å². The summed E-state index contributed by atoms with van der Waals surface area (Å²) in [5.41, 5.74) is 7.73. The first kappa shape index (κ1) is 43.4. The Hall–Kier alpha value is -8.77. The van der Waals surface area contributed by atoms with Crippen molar-refractivity contribution in [1.29, 1.82) is 5.53 Å². The number of terminal acetylenes is 2. The average Bonchev–Trinajstić information content (AvgIpc) is 3.81. The zero-order valence-electron chi connectivity index (χ0n) is 30.0. The molecule has 19 heteroatoms. The Morgan fingerprint density at radius 1 is 0.875 bits per heavy atom. The molecule has 0 saturated carbocycles. The highest BCUT2D eigenvalue weighted by molar-refractivity contribution is 5.80. The molecular formula is C37H51N17O2. The largest absolute Gasteiger partial charge is 0.321 e. The van der Waals surface area contributed by atoms with Crippen LogP contribution >= 0.6 is 0 Å². The number of anilines is 2. The molecule has 0 aliphatic carbocycles. The lowest BCUT2D eigenvalue weighted by Gasteiger charge is -2.32. The van der Waals surface area contributed by atoms with Gasteiger partial charge in [0.2, 0.25) is 5.95 Å². The lowest BCUT2D eigenvalue weighted by molar-refractivity contribution is -0.120. The first-order valence-corrected chi connectivity index (χ1v) is 15.9. The summed E-state index contributed by atoms with van der Waals surface area (Å²) >= 11 is 0. The van der Waals surface area contributed by atoms with Gasteiger partial charge in [-0.15, -0.1) is 17.8 Å². The molecule has 296 valence electrons. The molecule has 3 aromatic rings. The number of carbonyl (C=O) groups excluding carboxylic acids is 1. The van der Waals surface area contributed by atoms with Crippen LogP contribution in [0.1, 0.15) is 41.9 Å². The van der Waals surface area contributed by atoms with Crippen LogP contribution in [-0.4, -0.2) is 59.8 Å². The normalized spacial score (nSPS) is 12.2. The smallest absolute Gasteiger partial charge is 0.229 e. The summed E-state index contributed by atoms with van der Waals surface area (Å²) in [6.45, 7) is 5.22. The van der Waals surface area contributed by atoms with Gasteiger partial charge in [-0.3, -0.25) is 14.4 Å². The second kappa shape index (κ2) is 27.9. The van der Waals surface area contributed by atoms with Crippen LogP contribution in [0.4, 0.5) is 11.6 Å². The molecule has 4 heterocycles. The van der Waals surface area contributed by atoms with Gasteiger partial charge in [-0.1, -0.05) is 6.92 Å². The third-order valence-electron chi connectivity index (χ3n) is 6.40. The highest BCUT2D eigenvalue weighted by Gasteiger charge is 2.22. The molecule has 1 atom stereocenters. The standard InChI is InChI=1S/C19H26N8O.C18H2.HN9O.11H2/c1-3-17(28)13-26-6-4-5-14(10-26)11-27-18-15(8-22-27)7-20-19(24-18)23-16-9-21-25(2)12-16;1-3-5-7-9-11-13-15-17-18-16-14-12-10-8-6-4-2;1-2-3-4-5-6-7-8-9-10;;;;;;;;;;;/h7-9,12,14H,3-6,10-11,13H2,1-2H3,(H,20,23,24);1-2H;1H;11*1H/b;;2-1?,4-3+,6-5+,8-7+;;;;;;;;;;;. The summed E-state index contributed by atoms with van der Waals surface area (Å²) in [5, 5.41) is 33.5. The van der Waals surface area contributed by atoms with Crippen molar-refractivity contribution in [3.8, 4) is 108 Å². The molecule has 1 saturated heterocycles. The van der Waals surface area contributed by atoms with E-state index in [2.05, 4.69) is 162 Å². The summed E-state index contributed by atoms with van der Waals surface area (Å²) in [4.78, 5) is 32.3. The van der Waals surface area contributed by atoms with Crippen molar-refractivity contribution >= 4 is 28.5 Å². The maximum absolute atomic E-state index is 11.8. The summed E-state index contributed by atoms with van der Waals surface area (Å²) in [7, 11) is 1.87. The van der Waals surface area contributed by atoms with Crippen LogP contribution in [-0.2, 0) is 18.4 Å². The van der Waals surface area contributed by atoms with E-state index in [4.69, 9.17) is 18.4 Å². The molecule has 1 unspecified atom stereocenters. The molecule has 0 amide bonds. The van der Waals surface area contributed by atoms with Gasteiger partial charge in [0, 0.05) is 70.3 Å². The van der Waals surface area contributed by atoms with Gasteiger partial charge in [0.15, 0.2) is 5.65 Å². The first-order valence-electron chi connectivity index (χ1n) is 15.9. The van der Waals surface area contributed by atoms with Crippen LogP contribution in [0.25, 0.3) is 11.0 Å². The van der Waals surface area contributed by atoms with Gasteiger partial charge in [-0.05, 0) is 141 Å². The number of hydrogen-bond acceptors (Lipinski definition) is 9. The fourth-order valence-electron chi connectivity index (χ4n) is 4.28. The number of piperidine rings is 1. The molecule has 0 bridgehead atoms. The van der Waals surface area contributed by atoms with E-state index in [-0.39, 0.29) is 15.7 Å². The predicted octanol–water partition coefficient (Wildman–Crippen LogP) is 6.78. The first-order chi connectivity index (χ1) is 27.4. The Labute approximate surface area is 338 Å². The Morgan fingerprint density at radius 3 is 2.00 bits per heavy atom. The molecule has 1 aliphatic rings. The topological polar surface area (TPSA) is 234 Å². The maximum Gasteiger partial charge on any atom is 0.229 e. The molecule has 4 rings (SSSR count). The van der Waals surface area contributed by atoms with Crippen molar-refractivity contribution in [3.63, 3.8) is 0 Å². The second-order valence-corrected chi connectivity index (χ2v) is 10.2. The van der Waals surface area contributed by atoms with Gasteiger partial charge in [-0.25, -0.2) is 9.67 Å². The van der Waals surface area contributed by atoms with Crippen molar-refractivity contribution in [2.75, 3.05) is 25.0 Å². The fourth-order valence-corrected chi connectivity index (χ4v) is 4.28. The monoisotopic (exact) mass is 765 g/mol. The van der Waals surface area contributed by atoms with E-state index in [1.165, 1.54) is 0 Å². The van der Waals surface area contributed by atoms with E-state index in [1.54, 1.807) is 17.1 Å². The number of carbonyl (C=O) groups is 1. The lowest BCUT2D eigenvalue weighted by Crippen LogP contribution is -2.40. The minimum Gasteiger partial charge on any atom is -0.321 e. The molecule has 56 heavy (non-hydrogen) atoms. The lowest BCUT2D eigenvalue weighted by atomic mass is 9.97. The van der Waals surface area contributed by atoms with E-state index in [9.17, 15) is 9.70 Å². The number of ketones is 1. The molecule has 3 aromatic heterocycles. The maximum atomic E-state index is 11.8. The number of rotatable bonds is 11. The third kappa shape index (κ3) is 19.0. The van der Waals surface area contributed by atoms with Gasteiger partial charge >= 0.3 is 0 Å². The quantitative estimate of drug-likeness (QED) is 0.0912. The minimum atomic E-state index is 0. The molecule has 0 aromatic carbocycles. The number of fused-ring (bicyclic) bond motifs is 1. The van der Waals surface area contributed by atoms with Crippen molar-refractivity contribution in [2.24, 2.45) is 54.8 Å². The highest BCUT2D eigenvalue weighted by Crippen LogP contribution is 2.21. The number of aromatic nitrogens is 6. The Balaban J connectivity index is -0.0000000926. The second-order valence-electron chi connectivity index (χ2n) is 10.2. The number of nitroso groups, excluding NO2 is 1.